The summed E-state index contributed by atoms with van der Waals surface area (Å²) in [6, 6.07) is 5.99. The van der Waals surface area contributed by atoms with Crippen LogP contribution in [0, 0.1) is 23.7 Å². The molecular formula is C18H16Br2N2O5. The van der Waals surface area contributed by atoms with E-state index in [4.69, 9.17) is 0 Å². The molecule has 2 aliphatic carbocycles. The molecule has 0 radical (unpaired) electrons. The Labute approximate surface area is 171 Å². The van der Waals surface area contributed by atoms with Crippen molar-refractivity contribution in [2.24, 2.45) is 23.7 Å². The third-order valence-corrected chi connectivity index (χ3v) is 9.02. The minimum atomic E-state index is -1.17. The van der Waals surface area contributed by atoms with Gasteiger partial charge in [0.2, 0.25) is 17.7 Å². The lowest BCUT2D eigenvalue weighted by molar-refractivity contribution is -0.143. The van der Waals surface area contributed by atoms with Gasteiger partial charge in [0.25, 0.3) is 0 Å². The van der Waals surface area contributed by atoms with Crippen molar-refractivity contribution in [1.82, 2.24) is 4.90 Å². The minimum absolute atomic E-state index is 0.0518. The maximum atomic E-state index is 12.8. The lowest BCUT2D eigenvalue weighted by atomic mass is 9.81. The number of rotatable bonds is 4. The molecule has 1 aliphatic heterocycles. The standard InChI is InChI=1S/C18H16Br2N2O5/c19-14-8-5-9(15(14)20)13-12(8)16(24)22(17(13)25)6-11(23)21-10-4-2-1-3-7(10)18(26)27/h1-4,8-9,12-15H,5-6H2,(H,21,23)(H,26,27)/t8-,9-,12-,13+,14+,15+/m1/s1. The summed E-state index contributed by atoms with van der Waals surface area (Å²) in [6.45, 7) is -0.405. The molecule has 0 unspecified atom stereocenters. The number of aromatic carboxylic acids is 1. The number of likely N-dealkylation sites (tertiary alicyclic amines) is 1. The maximum absolute atomic E-state index is 12.8. The Morgan fingerprint density at radius 1 is 1.07 bits per heavy atom. The number of amides is 3. The molecule has 3 fully saturated rings. The number of benzene rings is 1. The number of fused-ring (bicyclic) bond motifs is 5. The van der Waals surface area contributed by atoms with Crippen molar-refractivity contribution in [3.8, 4) is 0 Å². The number of halogens is 2. The van der Waals surface area contributed by atoms with Gasteiger partial charge in [0.15, 0.2) is 0 Å². The number of hydrogen-bond donors (Lipinski definition) is 2. The van der Waals surface area contributed by atoms with Gasteiger partial charge in [-0.05, 0) is 30.4 Å². The SMILES string of the molecule is O=C(CN1C(=O)[C@@H]2[C@H]3C[C@@H]([C@H](Br)[C@H]3Br)[C@@H]2C1=O)Nc1ccccc1C(=O)O. The molecule has 6 atom stereocenters. The molecule has 3 aliphatic rings. The van der Waals surface area contributed by atoms with E-state index in [0.29, 0.717) is 0 Å². The van der Waals surface area contributed by atoms with Crippen molar-refractivity contribution < 1.29 is 24.3 Å². The second-order valence-electron chi connectivity index (χ2n) is 7.17. The number of alkyl halides is 2. The van der Waals surface area contributed by atoms with E-state index >= 15 is 0 Å². The van der Waals surface area contributed by atoms with Crippen LogP contribution in [0.15, 0.2) is 24.3 Å². The maximum Gasteiger partial charge on any atom is 0.337 e. The molecule has 1 saturated heterocycles. The van der Waals surface area contributed by atoms with Gasteiger partial charge < -0.3 is 10.4 Å². The summed E-state index contributed by atoms with van der Waals surface area (Å²) >= 11 is 7.23. The molecule has 2 bridgehead atoms. The van der Waals surface area contributed by atoms with Crippen molar-refractivity contribution in [2.75, 3.05) is 11.9 Å². The Morgan fingerprint density at radius 3 is 2.19 bits per heavy atom. The van der Waals surface area contributed by atoms with Gasteiger partial charge in [0.05, 0.1) is 23.1 Å². The predicted molar refractivity (Wildman–Crippen MR) is 103 cm³/mol. The van der Waals surface area contributed by atoms with E-state index in [0.717, 1.165) is 11.3 Å². The van der Waals surface area contributed by atoms with Crippen LogP contribution in [0.25, 0.3) is 0 Å². The molecule has 1 aromatic rings. The second kappa shape index (κ2) is 6.70. The fourth-order valence-corrected chi connectivity index (χ4v) is 6.55. The molecule has 1 aromatic carbocycles. The highest BCUT2D eigenvalue weighted by atomic mass is 79.9. The Hall–Kier alpha value is -1.74. The summed E-state index contributed by atoms with van der Waals surface area (Å²) in [6.07, 6.45) is 0.824. The molecular weight excluding hydrogens is 484 g/mol. The predicted octanol–water partition coefficient (Wildman–Crippen LogP) is 2.10. The van der Waals surface area contributed by atoms with Crippen LogP contribution in [0.1, 0.15) is 16.8 Å². The molecule has 142 valence electrons. The molecule has 1 heterocycles. The third-order valence-electron chi connectivity index (χ3n) is 5.81. The summed E-state index contributed by atoms with van der Waals surface area (Å²) in [5.41, 5.74) is 0.0829. The van der Waals surface area contributed by atoms with E-state index in [1.807, 2.05) is 0 Å². The molecule has 9 heteroatoms. The van der Waals surface area contributed by atoms with Crippen molar-refractivity contribution in [3.63, 3.8) is 0 Å². The average Bonchev–Trinajstić information content (AvgIpc) is 3.23. The Balaban J connectivity index is 1.50. The Kier molecular flexibility index (Phi) is 4.62. The molecule has 27 heavy (non-hydrogen) atoms. The van der Waals surface area contributed by atoms with E-state index in [1.165, 1.54) is 12.1 Å². The monoisotopic (exact) mass is 498 g/mol. The van der Waals surface area contributed by atoms with Gasteiger partial charge in [-0.25, -0.2) is 4.79 Å². The zero-order valence-corrected chi connectivity index (χ0v) is 17.1. The third kappa shape index (κ3) is 2.82. The summed E-state index contributed by atoms with van der Waals surface area (Å²) in [7, 11) is 0. The zero-order chi connectivity index (χ0) is 19.5. The summed E-state index contributed by atoms with van der Waals surface area (Å²) in [4.78, 5) is 50.5. The number of para-hydroxylation sites is 1. The number of hydrogen-bond acceptors (Lipinski definition) is 4. The van der Waals surface area contributed by atoms with E-state index in [-0.39, 0.29) is 56.4 Å². The highest BCUT2D eigenvalue weighted by Gasteiger charge is 2.66. The number of nitrogens with zero attached hydrogens (tertiary/aromatic N) is 1. The van der Waals surface area contributed by atoms with Crippen molar-refractivity contribution in [1.29, 1.82) is 0 Å². The highest BCUT2D eigenvalue weighted by molar-refractivity contribution is 9.12. The first-order valence-corrected chi connectivity index (χ1v) is 10.4. The van der Waals surface area contributed by atoms with E-state index in [9.17, 15) is 24.3 Å². The molecule has 0 aromatic heterocycles. The number of carboxylic acid groups (broad SMARTS) is 1. The first-order valence-electron chi connectivity index (χ1n) is 8.56. The van der Waals surface area contributed by atoms with Crippen LogP contribution in [0.2, 0.25) is 0 Å². The van der Waals surface area contributed by atoms with Crippen LogP contribution in [0.3, 0.4) is 0 Å². The van der Waals surface area contributed by atoms with Crippen LogP contribution in [-0.2, 0) is 14.4 Å². The fourth-order valence-electron chi connectivity index (χ4n) is 4.68. The minimum Gasteiger partial charge on any atom is -0.478 e. The Morgan fingerprint density at radius 2 is 1.63 bits per heavy atom. The van der Waals surface area contributed by atoms with Gasteiger partial charge in [-0.1, -0.05) is 44.0 Å². The van der Waals surface area contributed by atoms with Crippen molar-refractivity contribution >= 4 is 61.2 Å². The fraction of sp³-hybridized carbons (Fsp3) is 0.444. The summed E-state index contributed by atoms with van der Waals surface area (Å²) in [5.74, 6) is -2.95. The zero-order valence-electron chi connectivity index (χ0n) is 14.0. The van der Waals surface area contributed by atoms with Crippen LogP contribution in [0.5, 0.6) is 0 Å². The molecule has 2 saturated carbocycles. The van der Waals surface area contributed by atoms with Crippen LogP contribution >= 0.6 is 31.9 Å². The molecule has 7 nitrogen and oxygen atoms in total. The highest BCUT2D eigenvalue weighted by Crippen LogP contribution is 2.60. The quantitative estimate of drug-likeness (QED) is 0.487. The van der Waals surface area contributed by atoms with Gasteiger partial charge in [0.1, 0.15) is 6.54 Å². The first kappa shape index (κ1) is 18.6. The van der Waals surface area contributed by atoms with E-state index < -0.39 is 18.4 Å². The van der Waals surface area contributed by atoms with E-state index in [2.05, 4.69) is 37.2 Å². The number of imide groups is 1. The van der Waals surface area contributed by atoms with Gasteiger partial charge in [-0.3, -0.25) is 19.3 Å². The largest absolute Gasteiger partial charge is 0.478 e. The number of anilines is 1. The first-order chi connectivity index (χ1) is 12.8. The van der Waals surface area contributed by atoms with Crippen molar-refractivity contribution in [3.05, 3.63) is 29.8 Å². The number of carboxylic acids is 1. The number of nitrogens with one attached hydrogen (secondary N) is 1. The van der Waals surface area contributed by atoms with Gasteiger partial charge >= 0.3 is 5.97 Å². The average molecular weight is 500 g/mol. The van der Waals surface area contributed by atoms with E-state index in [1.54, 1.807) is 12.1 Å². The van der Waals surface area contributed by atoms with Gasteiger partial charge in [-0.2, -0.15) is 0 Å². The summed E-state index contributed by atoms with van der Waals surface area (Å²) in [5, 5.41) is 11.7. The lowest BCUT2D eigenvalue weighted by Gasteiger charge is -2.28. The van der Waals surface area contributed by atoms with Crippen LogP contribution in [0.4, 0.5) is 5.69 Å². The Bertz CT molecular complexity index is 828. The normalized spacial score (nSPS) is 34.1. The molecule has 2 N–H and O–H groups in total. The van der Waals surface area contributed by atoms with Crippen LogP contribution < -0.4 is 5.32 Å². The molecule has 3 amide bonds. The lowest BCUT2D eigenvalue weighted by Crippen LogP contribution is -2.39. The van der Waals surface area contributed by atoms with Crippen LogP contribution in [-0.4, -0.2) is 49.9 Å². The molecule has 0 spiro atoms. The van der Waals surface area contributed by atoms with Crippen molar-refractivity contribution in [2.45, 2.75) is 16.1 Å². The molecule has 4 rings (SSSR count). The van der Waals surface area contributed by atoms with Gasteiger partial charge in [0, 0.05) is 9.65 Å². The topological polar surface area (TPSA) is 104 Å². The second-order valence-corrected chi connectivity index (χ2v) is 9.28. The van der Waals surface area contributed by atoms with Gasteiger partial charge in [-0.15, -0.1) is 0 Å². The number of carbonyl (C=O) groups is 4. The smallest absolute Gasteiger partial charge is 0.337 e. The summed E-state index contributed by atoms with van der Waals surface area (Å²) < 4.78 is 0. The number of carbonyl (C=O) groups excluding carboxylic acids is 3.